The van der Waals surface area contributed by atoms with E-state index in [0.717, 1.165) is 5.69 Å². The van der Waals surface area contributed by atoms with Crippen LogP contribution in [0, 0.1) is 0 Å². The van der Waals surface area contributed by atoms with Crippen LogP contribution >= 0.6 is 11.3 Å². The maximum absolute atomic E-state index is 12.3. The number of rotatable bonds is 4. The zero-order valence-electron chi connectivity index (χ0n) is 9.71. The molecule has 2 aromatic heterocycles. The molecule has 0 bridgehead atoms. The Bertz CT molecular complexity index is 507. The maximum atomic E-state index is 12.3. The average Bonchev–Trinajstić information content (AvgIpc) is 2.86. The van der Waals surface area contributed by atoms with Crippen molar-refractivity contribution in [3.05, 3.63) is 46.4 Å². The number of Topliss-reactive ketones (excluding diaryl/α,β-unsaturated/α-hetero) is 1. The second kappa shape index (κ2) is 5.10. The van der Waals surface area contributed by atoms with Crippen molar-refractivity contribution in [3.63, 3.8) is 0 Å². The van der Waals surface area contributed by atoms with E-state index in [-0.39, 0.29) is 11.7 Å². The molecule has 0 aliphatic carbocycles. The Morgan fingerprint density at radius 1 is 1.41 bits per heavy atom. The number of pyridine rings is 1. The predicted octanol–water partition coefficient (Wildman–Crippen LogP) is 3.14. The van der Waals surface area contributed by atoms with Crippen molar-refractivity contribution >= 4 is 17.1 Å². The normalized spacial score (nSPS) is 12.1. The SMILES string of the molecule is COc1ccsc1C(=O)C(C)c1ccccn1. The number of aromatic nitrogens is 1. The van der Waals surface area contributed by atoms with Gasteiger partial charge in [0.1, 0.15) is 10.6 Å². The van der Waals surface area contributed by atoms with Crippen LogP contribution in [0.15, 0.2) is 35.8 Å². The molecule has 1 unspecified atom stereocenters. The molecule has 1 atom stereocenters. The molecule has 0 fully saturated rings. The van der Waals surface area contributed by atoms with Crippen LogP contribution in [0.3, 0.4) is 0 Å². The highest BCUT2D eigenvalue weighted by Crippen LogP contribution is 2.29. The molecule has 2 rings (SSSR count). The van der Waals surface area contributed by atoms with Crippen molar-refractivity contribution in [2.75, 3.05) is 7.11 Å². The van der Waals surface area contributed by atoms with Gasteiger partial charge in [-0.1, -0.05) is 6.07 Å². The molecule has 2 heterocycles. The zero-order chi connectivity index (χ0) is 12.3. The highest BCUT2D eigenvalue weighted by molar-refractivity contribution is 7.12. The van der Waals surface area contributed by atoms with E-state index in [4.69, 9.17) is 4.74 Å². The Kier molecular flexibility index (Phi) is 3.54. The van der Waals surface area contributed by atoms with Crippen LogP contribution < -0.4 is 4.74 Å². The van der Waals surface area contributed by atoms with Crippen LogP contribution in [-0.2, 0) is 0 Å². The minimum Gasteiger partial charge on any atom is -0.495 e. The molecule has 0 radical (unpaired) electrons. The van der Waals surface area contributed by atoms with Gasteiger partial charge in [-0.25, -0.2) is 0 Å². The summed E-state index contributed by atoms with van der Waals surface area (Å²) < 4.78 is 5.16. The summed E-state index contributed by atoms with van der Waals surface area (Å²) in [5.74, 6) is 0.446. The number of hydrogen-bond donors (Lipinski definition) is 0. The summed E-state index contributed by atoms with van der Waals surface area (Å²) in [5, 5.41) is 1.86. The molecule has 0 aliphatic heterocycles. The van der Waals surface area contributed by atoms with Crippen LogP contribution in [0.1, 0.15) is 28.2 Å². The van der Waals surface area contributed by atoms with Crippen molar-refractivity contribution in [3.8, 4) is 5.75 Å². The van der Waals surface area contributed by atoms with Crippen LogP contribution in [0.2, 0.25) is 0 Å². The molecule has 0 saturated heterocycles. The first kappa shape index (κ1) is 11.8. The molecule has 0 aliphatic rings. The van der Waals surface area contributed by atoms with Crippen molar-refractivity contribution < 1.29 is 9.53 Å². The molecule has 3 nitrogen and oxygen atoms in total. The molecule has 88 valence electrons. The first-order valence-corrected chi connectivity index (χ1v) is 6.18. The van der Waals surface area contributed by atoms with Crippen molar-refractivity contribution in [2.45, 2.75) is 12.8 Å². The third-order valence-electron chi connectivity index (χ3n) is 2.60. The lowest BCUT2D eigenvalue weighted by Crippen LogP contribution is -2.10. The maximum Gasteiger partial charge on any atom is 0.185 e. The van der Waals surface area contributed by atoms with Gasteiger partial charge in [0.05, 0.1) is 18.7 Å². The molecule has 2 aromatic rings. The number of ether oxygens (including phenoxy) is 1. The van der Waals surface area contributed by atoms with Crippen LogP contribution in [0.25, 0.3) is 0 Å². The summed E-state index contributed by atoms with van der Waals surface area (Å²) in [4.78, 5) is 17.1. The Labute approximate surface area is 104 Å². The lowest BCUT2D eigenvalue weighted by Gasteiger charge is -2.09. The predicted molar refractivity (Wildman–Crippen MR) is 67.9 cm³/mol. The van der Waals surface area contributed by atoms with Gasteiger partial charge in [0.15, 0.2) is 5.78 Å². The van der Waals surface area contributed by atoms with Gasteiger partial charge in [0.25, 0.3) is 0 Å². The van der Waals surface area contributed by atoms with Gasteiger partial charge in [-0.3, -0.25) is 9.78 Å². The zero-order valence-corrected chi connectivity index (χ0v) is 10.5. The fourth-order valence-corrected chi connectivity index (χ4v) is 2.49. The van der Waals surface area contributed by atoms with Crippen molar-refractivity contribution in [1.82, 2.24) is 4.98 Å². The monoisotopic (exact) mass is 247 g/mol. The molecule has 4 heteroatoms. The average molecular weight is 247 g/mol. The lowest BCUT2D eigenvalue weighted by molar-refractivity contribution is 0.0966. The molecular formula is C13H13NO2S. The van der Waals surface area contributed by atoms with Crippen molar-refractivity contribution in [2.24, 2.45) is 0 Å². The van der Waals surface area contributed by atoms with Gasteiger partial charge >= 0.3 is 0 Å². The number of nitrogens with zero attached hydrogens (tertiary/aromatic N) is 1. The smallest absolute Gasteiger partial charge is 0.185 e. The van der Waals surface area contributed by atoms with Gasteiger partial charge in [0.2, 0.25) is 0 Å². The van der Waals surface area contributed by atoms with Gasteiger partial charge < -0.3 is 4.74 Å². The van der Waals surface area contributed by atoms with E-state index in [9.17, 15) is 4.79 Å². The first-order chi connectivity index (χ1) is 8.24. The van der Waals surface area contributed by atoms with Gasteiger partial charge in [0, 0.05) is 6.20 Å². The minimum absolute atomic E-state index is 0.0514. The number of hydrogen-bond acceptors (Lipinski definition) is 4. The minimum atomic E-state index is -0.247. The fraction of sp³-hybridized carbons (Fsp3) is 0.231. The third kappa shape index (κ3) is 2.36. The lowest BCUT2D eigenvalue weighted by atomic mass is 10.0. The molecule has 0 N–H and O–H groups in total. The molecule has 0 amide bonds. The highest BCUT2D eigenvalue weighted by Gasteiger charge is 2.22. The molecular weight excluding hydrogens is 234 g/mol. The standard InChI is InChI=1S/C13H13NO2S/c1-9(10-5-3-4-7-14-10)12(15)13-11(16-2)6-8-17-13/h3-9H,1-2H3. The Hall–Kier alpha value is -1.68. The molecule has 17 heavy (non-hydrogen) atoms. The second-order valence-corrected chi connectivity index (χ2v) is 4.57. The fourth-order valence-electron chi connectivity index (χ4n) is 1.60. The second-order valence-electron chi connectivity index (χ2n) is 3.66. The van der Waals surface area contributed by atoms with E-state index in [1.54, 1.807) is 13.3 Å². The van der Waals surface area contributed by atoms with E-state index in [0.29, 0.717) is 10.6 Å². The summed E-state index contributed by atoms with van der Waals surface area (Å²) in [6.07, 6.45) is 1.70. The number of ketones is 1. The van der Waals surface area contributed by atoms with Crippen molar-refractivity contribution in [1.29, 1.82) is 0 Å². The summed E-state index contributed by atoms with van der Waals surface area (Å²) in [5.41, 5.74) is 0.785. The van der Waals surface area contributed by atoms with Crippen LogP contribution in [0.5, 0.6) is 5.75 Å². The number of methoxy groups -OCH3 is 1. The summed E-state index contributed by atoms with van der Waals surface area (Å²) in [6.45, 7) is 1.86. The first-order valence-electron chi connectivity index (χ1n) is 5.30. The van der Waals surface area contributed by atoms with Gasteiger partial charge in [-0.2, -0.15) is 0 Å². The summed E-state index contributed by atoms with van der Waals surface area (Å²) in [7, 11) is 1.57. The number of carbonyl (C=O) groups is 1. The van der Waals surface area contributed by atoms with Gasteiger partial charge in [-0.05, 0) is 30.5 Å². The summed E-state index contributed by atoms with van der Waals surface area (Å²) >= 11 is 1.40. The third-order valence-corrected chi connectivity index (χ3v) is 3.51. The number of carbonyl (C=O) groups excluding carboxylic acids is 1. The van der Waals surface area contributed by atoms with E-state index in [1.165, 1.54) is 11.3 Å². The van der Waals surface area contributed by atoms with Crippen LogP contribution in [-0.4, -0.2) is 17.9 Å². The summed E-state index contributed by atoms with van der Waals surface area (Å²) in [6, 6.07) is 7.40. The van der Waals surface area contributed by atoms with E-state index >= 15 is 0 Å². The Balaban J connectivity index is 2.27. The molecule has 0 aromatic carbocycles. The quantitative estimate of drug-likeness (QED) is 0.779. The highest BCUT2D eigenvalue weighted by atomic mass is 32.1. The van der Waals surface area contributed by atoms with E-state index in [2.05, 4.69) is 4.98 Å². The topological polar surface area (TPSA) is 39.2 Å². The van der Waals surface area contributed by atoms with Gasteiger partial charge in [-0.15, -0.1) is 11.3 Å². The Morgan fingerprint density at radius 2 is 2.24 bits per heavy atom. The number of thiophene rings is 1. The Morgan fingerprint density at radius 3 is 2.88 bits per heavy atom. The molecule has 0 spiro atoms. The van der Waals surface area contributed by atoms with Crippen LogP contribution in [0.4, 0.5) is 0 Å². The molecule has 0 saturated carbocycles. The largest absolute Gasteiger partial charge is 0.495 e. The van der Waals surface area contributed by atoms with E-state index in [1.807, 2.05) is 36.6 Å². The van der Waals surface area contributed by atoms with E-state index < -0.39 is 0 Å².